The third kappa shape index (κ3) is 5.36. The number of hydrogen-bond donors (Lipinski definition) is 2. The summed E-state index contributed by atoms with van der Waals surface area (Å²) in [5.74, 6) is -1.62. The Bertz CT molecular complexity index is 1140. The molecule has 0 saturated heterocycles. The van der Waals surface area contributed by atoms with Crippen LogP contribution in [0.15, 0.2) is 36.4 Å². The van der Waals surface area contributed by atoms with Crippen molar-refractivity contribution in [3.8, 4) is 0 Å². The lowest BCUT2D eigenvalue weighted by Gasteiger charge is -2.20. The number of benzene rings is 2. The van der Waals surface area contributed by atoms with Crippen molar-refractivity contribution < 1.29 is 27.8 Å². The minimum absolute atomic E-state index is 0.0541. The molecule has 9 heteroatoms. The number of anilines is 2. The molecule has 2 aromatic carbocycles. The quantitative estimate of drug-likeness (QED) is 0.508. The van der Waals surface area contributed by atoms with Crippen LogP contribution >= 0.6 is 11.3 Å². The van der Waals surface area contributed by atoms with Crippen LogP contribution in [0.2, 0.25) is 0 Å². The average Bonchev–Trinajstić information content (AvgIpc) is 3.03. The van der Waals surface area contributed by atoms with E-state index in [9.17, 15) is 18.4 Å². The Morgan fingerprint density at radius 2 is 1.81 bits per heavy atom. The van der Waals surface area contributed by atoms with Crippen LogP contribution in [0.5, 0.6) is 0 Å². The smallest absolute Gasteiger partial charge is 0.412 e. The van der Waals surface area contributed by atoms with Crippen LogP contribution in [0, 0.1) is 11.6 Å². The van der Waals surface area contributed by atoms with Crippen LogP contribution in [0.1, 0.15) is 36.0 Å². The molecule has 6 nitrogen and oxygen atoms in total. The van der Waals surface area contributed by atoms with Gasteiger partial charge in [-0.2, -0.15) is 0 Å². The predicted octanol–water partition coefficient (Wildman–Crippen LogP) is 5.93. The lowest BCUT2D eigenvalue weighted by atomic mass is 10.1. The fourth-order valence-electron chi connectivity index (χ4n) is 2.93. The largest absolute Gasteiger partial charge is 0.444 e. The van der Waals surface area contributed by atoms with Crippen LogP contribution < -0.4 is 10.6 Å². The maximum Gasteiger partial charge on any atom is 0.412 e. The molecule has 0 atom stereocenters. The highest BCUT2D eigenvalue weighted by Crippen LogP contribution is 2.34. The van der Waals surface area contributed by atoms with E-state index < -0.39 is 29.2 Å². The number of hydrogen-bond acceptors (Lipinski definition) is 5. The van der Waals surface area contributed by atoms with Crippen molar-refractivity contribution >= 4 is 44.8 Å². The SMILES string of the molecule is COCc1c(C(=O)Nc2ccc(F)c(NC(=O)OC(C)(C)C)c2)sc2cccc(F)c12. The van der Waals surface area contributed by atoms with Gasteiger partial charge in [-0.1, -0.05) is 6.07 Å². The molecule has 0 fully saturated rings. The van der Waals surface area contributed by atoms with Crippen LogP contribution in [0.3, 0.4) is 0 Å². The van der Waals surface area contributed by atoms with Gasteiger partial charge in [0.1, 0.15) is 17.2 Å². The molecular formula is C22H22F2N2O4S. The normalized spacial score (nSPS) is 11.4. The molecular weight excluding hydrogens is 426 g/mol. The van der Waals surface area contributed by atoms with Gasteiger partial charge in [0.05, 0.1) is 17.2 Å². The van der Waals surface area contributed by atoms with Crippen LogP contribution in [0.4, 0.5) is 25.0 Å². The van der Waals surface area contributed by atoms with Gasteiger partial charge in [0.15, 0.2) is 0 Å². The van der Waals surface area contributed by atoms with E-state index in [4.69, 9.17) is 9.47 Å². The Kier molecular flexibility index (Phi) is 6.56. The molecule has 0 aliphatic heterocycles. The van der Waals surface area contributed by atoms with Crippen molar-refractivity contribution in [1.29, 1.82) is 0 Å². The second kappa shape index (κ2) is 8.99. The van der Waals surface area contributed by atoms with Crippen molar-refractivity contribution in [1.82, 2.24) is 0 Å². The molecule has 2 N–H and O–H groups in total. The highest BCUT2D eigenvalue weighted by molar-refractivity contribution is 7.21. The lowest BCUT2D eigenvalue weighted by molar-refractivity contribution is 0.0635. The second-order valence-electron chi connectivity index (χ2n) is 7.73. The number of carbonyl (C=O) groups excluding carboxylic acids is 2. The van der Waals surface area contributed by atoms with Crippen LogP contribution in [-0.4, -0.2) is 24.7 Å². The first-order chi connectivity index (χ1) is 14.6. The summed E-state index contributed by atoms with van der Waals surface area (Å²) >= 11 is 1.13. The van der Waals surface area contributed by atoms with Gasteiger partial charge in [0, 0.05) is 28.4 Å². The first kappa shape index (κ1) is 22.6. The molecule has 0 aliphatic rings. The number of nitrogens with one attached hydrogen (secondary N) is 2. The molecule has 31 heavy (non-hydrogen) atoms. The average molecular weight is 448 g/mol. The highest BCUT2D eigenvalue weighted by atomic mass is 32.1. The molecule has 0 saturated carbocycles. The van der Waals surface area contributed by atoms with Gasteiger partial charge in [-0.25, -0.2) is 13.6 Å². The minimum Gasteiger partial charge on any atom is -0.444 e. The Hall–Kier alpha value is -3.04. The molecule has 0 unspecified atom stereocenters. The van der Waals surface area contributed by atoms with Crippen molar-refractivity contribution in [2.75, 3.05) is 17.7 Å². The summed E-state index contributed by atoms with van der Waals surface area (Å²) in [4.78, 5) is 25.1. The molecule has 2 amide bonds. The molecule has 1 aromatic heterocycles. The topological polar surface area (TPSA) is 76.7 Å². The summed E-state index contributed by atoms with van der Waals surface area (Å²) in [6.45, 7) is 5.11. The fraction of sp³-hybridized carbons (Fsp3) is 0.273. The Balaban J connectivity index is 1.86. The van der Waals surface area contributed by atoms with E-state index in [1.54, 1.807) is 32.9 Å². The molecule has 0 spiro atoms. The molecule has 0 radical (unpaired) electrons. The first-order valence-electron chi connectivity index (χ1n) is 9.39. The van der Waals surface area contributed by atoms with Crippen LogP contribution in [-0.2, 0) is 16.1 Å². The highest BCUT2D eigenvalue weighted by Gasteiger charge is 2.22. The van der Waals surface area contributed by atoms with Crippen LogP contribution in [0.25, 0.3) is 10.1 Å². The molecule has 164 valence electrons. The van der Waals surface area contributed by atoms with Gasteiger partial charge >= 0.3 is 6.09 Å². The summed E-state index contributed by atoms with van der Waals surface area (Å²) < 4.78 is 39.4. The van der Waals surface area contributed by atoms with Gasteiger partial charge in [0.2, 0.25) is 0 Å². The molecule has 0 aliphatic carbocycles. The zero-order valence-electron chi connectivity index (χ0n) is 17.5. The van der Waals surface area contributed by atoms with E-state index in [1.165, 1.54) is 25.3 Å². The fourth-order valence-corrected chi connectivity index (χ4v) is 4.05. The summed E-state index contributed by atoms with van der Waals surface area (Å²) in [6.07, 6.45) is -0.822. The maximum atomic E-state index is 14.3. The number of halogens is 2. The van der Waals surface area contributed by atoms with E-state index in [2.05, 4.69) is 10.6 Å². The van der Waals surface area contributed by atoms with E-state index in [1.807, 2.05) is 0 Å². The van der Waals surface area contributed by atoms with Crippen molar-refractivity contribution in [3.05, 3.63) is 58.5 Å². The van der Waals surface area contributed by atoms with Gasteiger partial charge in [-0.05, 0) is 51.1 Å². The van der Waals surface area contributed by atoms with Crippen molar-refractivity contribution in [2.45, 2.75) is 33.0 Å². The Morgan fingerprint density at radius 3 is 2.48 bits per heavy atom. The number of amides is 2. The summed E-state index contributed by atoms with van der Waals surface area (Å²) in [7, 11) is 1.46. The number of carbonyl (C=O) groups is 2. The molecule has 3 aromatic rings. The molecule has 0 bridgehead atoms. The molecule has 1 heterocycles. The monoisotopic (exact) mass is 448 g/mol. The summed E-state index contributed by atoms with van der Waals surface area (Å²) in [6, 6.07) is 8.37. The minimum atomic E-state index is -0.822. The first-order valence-corrected chi connectivity index (χ1v) is 10.2. The summed E-state index contributed by atoms with van der Waals surface area (Å²) in [5, 5.41) is 5.33. The van der Waals surface area contributed by atoms with Crippen molar-refractivity contribution in [3.63, 3.8) is 0 Å². The number of rotatable bonds is 5. The van der Waals surface area contributed by atoms with E-state index in [0.29, 0.717) is 15.6 Å². The number of methoxy groups -OCH3 is 1. The Morgan fingerprint density at radius 1 is 1.06 bits per heavy atom. The zero-order valence-corrected chi connectivity index (χ0v) is 18.3. The van der Waals surface area contributed by atoms with Gasteiger partial charge in [-0.3, -0.25) is 10.1 Å². The van der Waals surface area contributed by atoms with E-state index in [-0.39, 0.29) is 22.9 Å². The third-order valence-electron chi connectivity index (χ3n) is 4.12. The van der Waals surface area contributed by atoms with Crippen molar-refractivity contribution in [2.24, 2.45) is 0 Å². The predicted molar refractivity (Wildman–Crippen MR) is 117 cm³/mol. The van der Waals surface area contributed by atoms with Gasteiger partial charge in [-0.15, -0.1) is 11.3 Å². The van der Waals surface area contributed by atoms with Gasteiger partial charge in [0.25, 0.3) is 5.91 Å². The number of thiophene rings is 1. The second-order valence-corrected chi connectivity index (χ2v) is 8.78. The standard InChI is InChI=1S/C22H22F2N2O4S/c1-22(2,3)30-21(28)26-16-10-12(8-9-14(16)23)25-20(27)19-13(11-29-4)18-15(24)6-5-7-17(18)31-19/h5-10H,11H2,1-4H3,(H,25,27)(H,26,28). The number of fused-ring (bicyclic) bond motifs is 1. The maximum absolute atomic E-state index is 14.3. The molecule has 3 rings (SSSR count). The van der Waals surface area contributed by atoms with Gasteiger partial charge < -0.3 is 14.8 Å². The lowest BCUT2D eigenvalue weighted by Crippen LogP contribution is -2.27. The summed E-state index contributed by atoms with van der Waals surface area (Å²) in [5.41, 5.74) is -0.210. The number of ether oxygens (including phenoxy) is 2. The van der Waals surface area contributed by atoms with E-state index in [0.717, 1.165) is 17.4 Å². The van der Waals surface area contributed by atoms with E-state index >= 15 is 0 Å². The third-order valence-corrected chi connectivity index (χ3v) is 5.31. The Labute approximate surface area is 182 Å². The zero-order chi connectivity index (χ0) is 22.8.